The second-order valence-electron chi connectivity index (χ2n) is 3.94. The Labute approximate surface area is 115 Å². The fourth-order valence-electron chi connectivity index (χ4n) is 1.77. The molecule has 0 aliphatic rings. The average Bonchev–Trinajstić information content (AvgIpc) is 2.77. The van der Waals surface area contributed by atoms with E-state index in [9.17, 15) is 4.79 Å². The number of carbonyl (C=O) groups is 1. The summed E-state index contributed by atoms with van der Waals surface area (Å²) in [7, 11) is 1.59. The van der Waals surface area contributed by atoms with Gasteiger partial charge in [0.05, 0.1) is 12.5 Å². The Morgan fingerprint density at radius 3 is 3.16 bits per heavy atom. The molecular formula is C12H15ClN4O2. The molecule has 0 aliphatic heterocycles. The molecular weight excluding hydrogens is 268 g/mol. The highest BCUT2D eigenvalue weighted by atomic mass is 35.5. The molecule has 0 spiro atoms. The van der Waals surface area contributed by atoms with Crippen molar-refractivity contribution in [2.45, 2.75) is 12.4 Å². The molecule has 2 rings (SSSR count). The number of hydrogen-bond acceptors (Lipinski definition) is 4. The van der Waals surface area contributed by atoms with E-state index >= 15 is 0 Å². The maximum absolute atomic E-state index is 11.8. The van der Waals surface area contributed by atoms with Crippen LogP contribution in [-0.2, 0) is 22.0 Å². The molecule has 6 nitrogen and oxygen atoms in total. The number of nitrogens with zero attached hydrogens (tertiary/aromatic N) is 3. The van der Waals surface area contributed by atoms with Crippen LogP contribution in [0.5, 0.6) is 0 Å². The predicted octanol–water partition coefficient (Wildman–Crippen LogP) is 0.933. The van der Waals surface area contributed by atoms with Crippen LogP contribution in [0.1, 0.15) is 5.82 Å². The summed E-state index contributed by atoms with van der Waals surface area (Å²) in [5.74, 6) is 0.757. The third-order valence-electron chi connectivity index (χ3n) is 2.63. The number of alkyl halides is 1. The molecule has 0 aromatic carbocycles. The van der Waals surface area contributed by atoms with Gasteiger partial charge in [0.2, 0.25) is 5.91 Å². The molecule has 7 heteroatoms. The minimum absolute atomic E-state index is 0.117. The van der Waals surface area contributed by atoms with Gasteiger partial charge in [-0.25, -0.2) is 9.97 Å². The van der Waals surface area contributed by atoms with Gasteiger partial charge in [-0.3, -0.25) is 4.79 Å². The SMILES string of the molecule is COCCNC(=O)Cn1c(CCl)nc2cccnc21. The van der Waals surface area contributed by atoms with Crippen molar-refractivity contribution in [3.63, 3.8) is 0 Å². The summed E-state index contributed by atoms with van der Waals surface area (Å²) in [6.45, 7) is 1.11. The Kier molecular flexibility index (Phi) is 4.70. The Balaban J connectivity index is 2.16. The molecule has 2 aromatic rings. The number of amides is 1. The number of ether oxygens (including phenoxy) is 1. The lowest BCUT2D eigenvalue weighted by Gasteiger charge is -2.07. The zero-order chi connectivity index (χ0) is 13.7. The molecule has 0 saturated carbocycles. The van der Waals surface area contributed by atoms with Gasteiger partial charge in [0.1, 0.15) is 17.9 Å². The highest BCUT2D eigenvalue weighted by molar-refractivity contribution is 6.16. The van der Waals surface area contributed by atoms with E-state index < -0.39 is 0 Å². The number of aromatic nitrogens is 3. The summed E-state index contributed by atoms with van der Waals surface area (Å²) in [5, 5.41) is 2.75. The topological polar surface area (TPSA) is 69.0 Å². The number of carbonyl (C=O) groups excluding carboxylic acids is 1. The lowest BCUT2D eigenvalue weighted by molar-refractivity contribution is -0.121. The summed E-state index contributed by atoms with van der Waals surface area (Å²) in [5.41, 5.74) is 1.41. The van der Waals surface area contributed by atoms with Crippen LogP contribution in [0.4, 0.5) is 0 Å². The Morgan fingerprint density at radius 1 is 1.58 bits per heavy atom. The molecule has 2 aromatic heterocycles. The van der Waals surface area contributed by atoms with Gasteiger partial charge in [0.15, 0.2) is 5.65 Å². The molecule has 19 heavy (non-hydrogen) atoms. The lowest BCUT2D eigenvalue weighted by atomic mass is 10.4. The Bertz CT molecular complexity index is 570. The predicted molar refractivity (Wildman–Crippen MR) is 72.0 cm³/mol. The van der Waals surface area contributed by atoms with E-state index in [1.807, 2.05) is 6.07 Å². The zero-order valence-electron chi connectivity index (χ0n) is 10.6. The molecule has 102 valence electrons. The van der Waals surface area contributed by atoms with Crippen LogP contribution >= 0.6 is 11.6 Å². The average molecular weight is 283 g/mol. The molecule has 1 amide bonds. The number of methoxy groups -OCH3 is 1. The maximum Gasteiger partial charge on any atom is 0.240 e. The Morgan fingerprint density at radius 2 is 2.42 bits per heavy atom. The monoisotopic (exact) mass is 282 g/mol. The molecule has 0 aliphatic carbocycles. The van der Waals surface area contributed by atoms with Gasteiger partial charge in [-0.2, -0.15) is 0 Å². The minimum Gasteiger partial charge on any atom is -0.383 e. The number of imidazole rings is 1. The first kappa shape index (κ1) is 13.8. The highest BCUT2D eigenvalue weighted by Crippen LogP contribution is 2.14. The third-order valence-corrected chi connectivity index (χ3v) is 2.87. The highest BCUT2D eigenvalue weighted by Gasteiger charge is 2.13. The van der Waals surface area contributed by atoms with E-state index in [1.165, 1.54) is 0 Å². The summed E-state index contributed by atoms with van der Waals surface area (Å²) in [6.07, 6.45) is 1.67. The molecule has 0 radical (unpaired) electrons. The first-order valence-corrected chi connectivity index (χ1v) is 6.41. The molecule has 2 heterocycles. The van der Waals surface area contributed by atoms with Crippen LogP contribution in [0, 0.1) is 0 Å². The van der Waals surface area contributed by atoms with E-state index in [4.69, 9.17) is 16.3 Å². The number of fused-ring (bicyclic) bond motifs is 1. The summed E-state index contributed by atoms with van der Waals surface area (Å²) in [6, 6.07) is 3.65. The van der Waals surface area contributed by atoms with Gasteiger partial charge >= 0.3 is 0 Å². The van der Waals surface area contributed by atoms with E-state index in [-0.39, 0.29) is 18.3 Å². The third kappa shape index (κ3) is 3.21. The standard InChI is InChI=1S/C12H15ClN4O2/c1-19-6-5-14-11(18)8-17-10(7-13)16-9-3-2-4-15-12(9)17/h2-4H,5-8H2,1H3,(H,14,18). The van der Waals surface area contributed by atoms with Crippen LogP contribution in [0.3, 0.4) is 0 Å². The molecule has 0 atom stereocenters. The van der Waals surface area contributed by atoms with Gasteiger partial charge in [-0.05, 0) is 12.1 Å². The molecule has 0 bridgehead atoms. The van der Waals surface area contributed by atoms with E-state index in [0.29, 0.717) is 24.6 Å². The molecule has 0 saturated heterocycles. The van der Waals surface area contributed by atoms with Crippen LogP contribution in [0.15, 0.2) is 18.3 Å². The largest absolute Gasteiger partial charge is 0.383 e. The van der Waals surface area contributed by atoms with Gasteiger partial charge < -0.3 is 14.6 Å². The van der Waals surface area contributed by atoms with Gasteiger partial charge in [0, 0.05) is 19.9 Å². The Hall–Kier alpha value is -1.66. The van der Waals surface area contributed by atoms with Gasteiger partial charge in [-0.15, -0.1) is 11.6 Å². The number of hydrogen-bond donors (Lipinski definition) is 1. The van der Waals surface area contributed by atoms with Crippen molar-refractivity contribution in [3.05, 3.63) is 24.2 Å². The number of pyridine rings is 1. The van der Waals surface area contributed by atoms with Crippen molar-refractivity contribution < 1.29 is 9.53 Å². The summed E-state index contributed by atoms with van der Waals surface area (Å²) < 4.78 is 6.60. The quantitative estimate of drug-likeness (QED) is 0.632. The number of rotatable bonds is 6. The van der Waals surface area contributed by atoms with Crippen molar-refractivity contribution in [1.82, 2.24) is 19.9 Å². The van der Waals surface area contributed by atoms with Crippen molar-refractivity contribution in [2.75, 3.05) is 20.3 Å². The number of halogens is 1. The maximum atomic E-state index is 11.8. The normalized spacial score (nSPS) is 10.8. The molecule has 0 unspecified atom stereocenters. The van der Waals surface area contributed by atoms with Crippen molar-refractivity contribution in [2.24, 2.45) is 0 Å². The van der Waals surface area contributed by atoms with Crippen LogP contribution in [0.25, 0.3) is 11.2 Å². The summed E-state index contributed by atoms with van der Waals surface area (Å²) in [4.78, 5) is 20.4. The van der Waals surface area contributed by atoms with Crippen molar-refractivity contribution in [3.8, 4) is 0 Å². The van der Waals surface area contributed by atoms with E-state index in [0.717, 1.165) is 5.52 Å². The van der Waals surface area contributed by atoms with Crippen LogP contribution < -0.4 is 5.32 Å². The lowest BCUT2D eigenvalue weighted by Crippen LogP contribution is -2.30. The van der Waals surface area contributed by atoms with Crippen molar-refractivity contribution >= 4 is 28.7 Å². The van der Waals surface area contributed by atoms with E-state index in [1.54, 1.807) is 23.9 Å². The van der Waals surface area contributed by atoms with Gasteiger partial charge in [-0.1, -0.05) is 0 Å². The minimum atomic E-state index is -0.117. The second kappa shape index (κ2) is 6.49. The first-order valence-electron chi connectivity index (χ1n) is 5.88. The fraction of sp³-hybridized carbons (Fsp3) is 0.417. The van der Waals surface area contributed by atoms with E-state index in [2.05, 4.69) is 15.3 Å². The zero-order valence-corrected chi connectivity index (χ0v) is 11.4. The van der Waals surface area contributed by atoms with Crippen molar-refractivity contribution in [1.29, 1.82) is 0 Å². The molecule has 1 N–H and O–H groups in total. The smallest absolute Gasteiger partial charge is 0.240 e. The molecule has 0 fully saturated rings. The van der Waals surface area contributed by atoms with Crippen LogP contribution in [0.2, 0.25) is 0 Å². The first-order chi connectivity index (χ1) is 9.26. The fourth-order valence-corrected chi connectivity index (χ4v) is 1.97. The van der Waals surface area contributed by atoms with Crippen LogP contribution in [-0.4, -0.2) is 40.7 Å². The summed E-state index contributed by atoms with van der Waals surface area (Å²) >= 11 is 5.85. The second-order valence-corrected chi connectivity index (χ2v) is 4.20. The number of nitrogens with one attached hydrogen (secondary N) is 1. The van der Waals surface area contributed by atoms with Gasteiger partial charge in [0.25, 0.3) is 0 Å².